The first kappa shape index (κ1) is 11.8. The second-order valence-corrected chi connectivity index (χ2v) is 5.17. The number of hydrogen-bond donors (Lipinski definition) is 1. The zero-order chi connectivity index (χ0) is 13.4. The quantitative estimate of drug-likeness (QED) is 0.776. The first-order valence-electron chi connectivity index (χ1n) is 5.90. The van der Waals surface area contributed by atoms with E-state index in [0.29, 0.717) is 11.5 Å². The van der Waals surface area contributed by atoms with E-state index in [1.54, 1.807) is 17.4 Å². The van der Waals surface area contributed by atoms with E-state index in [-0.39, 0.29) is 6.04 Å². The van der Waals surface area contributed by atoms with Gasteiger partial charge in [0.05, 0.1) is 28.7 Å². The smallest absolute Gasteiger partial charge is 0.201 e. The van der Waals surface area contributed by atoms with Gasteiger partial charge in [-0.25, -0.2) is 4.98 Å². The van der Waals surface area contributed by atoms with Crippen LogP contribution in [0, 0.1) is 11.3 Å². The molecule has 0 saturated heterocycles. The lowest BCUT2D eigenvalue weighted by atomic mass is 10.1. The summed E-state index contributed by atoms with van der Waals surface area (Å²) < 4.78 is 1.97. The summed E-state index contributed by atoms with van der Waals surface area (Å²) >= 11 is 1.66. The molecule has 0 spiro atoms. The molecule has 1 aromatic carbocycles. The Kier molecular flexibility index (Phi) is 2.73. The number of thiophene rings is 1. The van der Waals surface area contributed by atoms with Gasteiger partial charge in [-0.3, -0.25) is 0 Å². The van der Waals surface area contributed by atoms with Crippen molar-refractivity contribution in [3.8, 4) is 6.07 Å². The van der Waals surface area contributed by atoms with Crippen molar-refractivity contribution in [2.45, 2.75) is 13.0 Å². The summed E-state index contributed by atoms with van der Waals surface area (Å²) in [4.78, 5) is 4.35. The van der Waals surface area contributed by atoms with Gasteiger partial charge in [-0.2, -0.15) is 16.6 Å². The lowest BCUT2D eigenvalue weighted by Gasteiger charge is -2.14. The molecule has 0 aliphatic carbocycles. The van der Waals surface area contributed by atoms with E-state index < -0.39 is 0 Å². The van der Waals surface area contributed by atoms with Crippen molar-refractivity contribution >= 4 is 28.3 Å². The molecular weight excluding hydrogens is 256 g/mol. The number of nitrogens with zero attached hydrogens (tertiary/aromatic N) is 3. The molecule has 1 atom stereocenters. The molecule has 4 nitrogen and oxygen atoms in total. The van der Waals surface area contributed by atoms with E-state index in [1.165, 1.54) is 5.56 Å². The van der Waals surface area contributed by atoms with E-state index >= 15 is 0 Å². The summed E-state index contributed by atoms with van der Waals surface area (Å²) in [5.41, 5.74) is 9.55. The van der Waals surface area contributed by atoms with Crippen LogP contribution in [0.25, 0.3) is 11.0 Å². The topological polar surface area (TPSA) is 67.6 Å². The fourth-order valence-corrected chi connectivity index (χ4v) is 3.00. The van der Waals surface area contributed by atoms with Gasteiger partial charge in [-0.05, 0) is 47.5 Å². The average Bonchev–Trinajstić information content (AvgIpc) is 3.03. The third-order valence-corrected chi connectivity index (χ3v) is 3.96. The Bertz CT molecular complexity index is 765. The van der Waals surface area contributed by atoms with Crippen LogP contribution in [-0.4, -0.2) is 9.55 Å². The van der Waals surface area contributed by atoms with Crippen LogP contribution in [0.4, 0.5) is 5.95 Å². The Morgan fingerprint density at radius 2 is 2.26 bits per heavy atom. The molecule has 3 aromatic rings. The normalized spacial score (nSPS) is 12.4. The van der Waals surface area contributed by atoms with Crippen LogP contribution in [0.15, 0.2) is 35.0 Å². The summed E-state index contributed by atoms with van der Waals surface area (Å²) in [5, 5.41) is 13.2. The molecule has 0 bridgehead atoms. The molecule has 0 aliphatic heterocycles. The molecule has 2 heterocycles. The van der Waals surface area contributed by atoms with Crippen molar-refractivity contribution in [3.05, 3.63) is 46.2 Å². The highest BCUT2D eigenvalue weighted by Gasteiger charge is 2.16. The summed E-state index contributed by atoms with van der Waals surface area (Å²) in [5.74, 6) is 0.476. The fraction of sp³-hybridized carbons (Fsp3) is 0.143. The molecule has 2 N–H and O–H groups in total. The van der Waals surface area contributed by atoms with Crippen LogP contribution in [0.1, 0.15) is 24.1 Å². The van der Waals surface area contributed by atoms with Crippen molar-refractivity contribution in [2.24, 2.45) is 0 Å². The minimum absolute atomic E-state index is 0.102. The van der Waals surface area contributed by atoms with Crippen molar-refractivity contribution in [1.29, 1.82) is 5.26 Å². The van der Waals surface area contributed by atoms with Gasteiger partial charge in [0.25, 0.3) is 0 Å². The number of nitriles is 1. The van der Waals surface area contributed by atoms with Gasteiger partial charge in [0.15, 0.2) is 0 Å². The zero-order valence-corrected chi connectivity index (χ0v) is 11.2. The highest BCUT2D eigenvalue weighted by molar-refractivity contribution is 7.07. The average molecular weight is 268 g/mol. The minimum Gasteiger partial charge on any atom is -0.369 e. The van der Waals surface area contributed by atoms with Gasteiger partial charge >= 0.3 is 0 Å². The van der Waals surface area contributed by atoms with Gasteiger partial charge in [0.1, 0.15) is 0 Å². The van der Waals surface area contributed by atoms with E-state index in [2.05, 4.69) is 29.4 Å². The Labute approximate surface area is 114 Å². The molecule has 5 heteroatoms. The molecule has 0 radical (unpaired) electrons. The largest absolute Gasteiger partial charge is 0.369 e. The van der Waals surface area contributed by atoms with Gasteiger partial charge in [-0.1, -0.05) is 0 Å². The second kappa shape index (κ2) is 4.41. The first-order chi connectivity index (χ1) is 9.20. The van der Waals surface area contributed by atoms with Gasteiger partial charge < -0.3 is 10.3 Å². The lowest BCUT2D eigenvalue weighted by molar-refractivity contribution is 0.670. The summed E-state index contributed by atoms with van der Waals surface area (Å²) in [6.45, 7) is 2.08. The monoisotopic (exact) mass is 268 g/mol. The zero-order valence-electron chi connectivity index (χ0n) is 10.4. The van der Waals surface area contributed by atoms with Crippen LogP contribution in [0.3, 0.4) is 0 Å². The molecule has 2 aromatic heterocycles. The maximum Gasteiger partial charge on any atom is 0.201 e. The van der Waals surface area contributed by atoms with Gasteiger partial charge in [0, 0.05) is 0 Å². The van der Waals surface area contributed by atoms with Crippen molar-refractivity contribution in [3.63, 3.8) is 0 Å². The number of benzene rings is 1. The number of nitrogens with two attached hydrogens (primary N) is 1. The van der Waals surface area contributed by atoms with Crippen molar-refractivity contribution in [2.75, 3.05) is 5.73 Å². The number of nitrogen functional groups attached to an aromatic ring is 1. The SMILES string of the molecule is CC(c1ccsc1)n1c(N)nc2ccc(C#N)cc21. The summed E-state index contributed by atoms with van der Waals surface area (Å²) in [6, 6.07) is 9.76. The highest BCUT2D eigenvalue weighted by Crippen LogP contribution is 2.28. The number of rotatable bonds is 2. The Balaban J connectivity index is 2.22. The van der Waals surface area contributed by atoms with Crippen LogP contribution in [0.5, 0.6) is 0 Å². The van der Waals surface area contributed by atoms with E-state index in [9.17, 15) is 0 Å². The number of aromatic nitrogens is 2. The molecule has 0 amide bonds. The van der Waals surface area contributed by atoms with E-state index in [1.807, 2.05) is 22.1 Å². The fourth-order valence-electron chi connectivity index (χ4n) is 2.25. The Morgan fingerprint density at radius 1 is 1.42 bits per heavy atom. The van der Waals surface area contributed by atoms with Crippen LogP contribution >= 0.6 is 11.3 Å². The van der Waals surface area contributed by atoms with Crippen molar-refractivity contribution in [1.82, 2.24) is 9.55 Å². The Morgan fingerprint density at radius 3 is 2.95 bits per heavy atom. The molecule has 0 aliphatic rings. The number of imidazole rings is 1. The molecule has 3 rings (SSSR count). The summed E-state index contributed by atoms with van der Waals surface area (Å²) in [6.07, 6.45) is 0. The van der Waals surface area contributed by atoms with Gasteiger partial charge in [-0.15, -0.1) is 0 Å². The number of anilines is 1. The molecule has 19 heavy (non-hydrogen) atoms. The molecular formula is C14H12N4S. The lowest BCUT2D eigenvalue weighted by Crippen LogP contribution is -2.09. The molecule has 0 saturated carbocycles. The third kappa shape index (κ3) is 1.86. The molecule has 1 unspecified atom stereocenters. The van der Waals surface area contributed by atoms with Crippen LogP contribution < -0.4 is 5.73 Å². The van der Waals surface area contributed by atoms with Gasteiger partial charge in [0.2, 0.25) is 5.95 Å². The highest BCUT2D eigenvalue weighted by atomic mass is 32.1. The summed E-state index contributed by atoms with van der Waals surface area (Å²) in [7, 11) is 0. The standard InChI is InChI=1S/C14H12N4S/c1-9(11-4-5-19-8-11)18-13-6-10(7-15)2-3-12(13)17-14(18)16/h2-6,8-9H,1H3,(H2,16,17). The van der Waals surface area contributed by atoms with Crippen molar-refractivity contribution < 1.29 is 0 Å². The maximum atomic E-state index is 9.01. The van der Waals surface area contributed by atoms with E-state index in [0.717, 1.165) is 11.0 Å². The number of hydrogen-bond acceptors (Lipinski definition) is 4. The first-order valence-corrected chi connectivity index (χ1v) is 6.84. The number of fused-ring (bicyclic) bond motifs is 1. The predicted molar refractivity (Wildman–Crippen MR) is 77.0 cm³/mol. The minimum atomic E-state index is 0.102. The maximum absolute atomic E-state index is 9.01. The van der Waals surface area contributed by atoms with Crippen LogP contribution in [-0.2, 0) is 0 Å². The predicted octanol–water partition coefficient (Wildman–Crippen LogP) is 3.16. The Hall–Kier alpha value is -2.32. The van der Waals surface area contributed by atoms with Crippen LogP contribution in [0.2, 0.25) is 0 Å². The second-order valence-electron chi connectivity index (χ2n) is 4.39. The molecule has 94 valence electrons. The third-order valence-electron chi connectivity index (χ3n) is 3.26. The van der Waals surface area contributed by atoms with E-state index in [4.69, 9.17) is 11.0 Å². The molecule has 0 fully saturated rings.